The molecule has 0 radical (unpaired) electrons. The first-order valence-corrected chi connectivity index (χ1v) is 5.13. The summed E-state index contributed by atoms with van der Waals surface area (Å²) >= 11 is 3.49. The molecule has 0 saturated carbocycles. The molecule has 1 rings (SSSR count). The Morgan fingerprint density at radius 2 is 2.25 bits per heavy atom. The summed E-state index contributed by atoms with van der Waals surface area (Å²) in [7, 11) is 0. The van der Waals surface area contributed by atoms with Crippen LogP contribution in [-0.4, -0.2) is 10.5 Å². The minimum atomic E-state index is 0.274. The molecule has 0 fully saturated rings. The predicted molar refractivity (Wildman–Crippen MR) is 52.5 cm³/mol. The number of halogens is 1. The summed E-state index contributed by atoms with van der Waals surface area (Å²) in [5.74, 6) is 0.934. The highest BCUT2D eigenvalue weighted by atomic mass is 79.9. The largest absolute Gasteiger partial charge is 0.361 e. The summed E-state index contributed by atoms with van der Waals surface area (Å²) in [6.45, 7) is 6.38. The molecule has 0 aliphatic rings. The van der Waals surface area contributed by atoms with Crippen LogP contribution in [0.3, 0.4) is 0 Å². The monoisotopic (exact) mass is 231 g/mol. The second-order valence-corrected chi connectivity index (χ2v) is 4.44. The Morgan fingerprint density at radius 1 is 1.58 bits per heavy atom. The van der Waals surface area contributed by atoms with Gasteiger partial charge in [0.05, 0.1) is 6.20 Å². The minimum Gasteiger partial charge on any atom is -0.361 e. The van der Waals surface area contributed by atoms with E-state index in [0.717, 1.165) is 17.5 Å². The SMILES string of the molecule is Cc1oncc1CC(C)(C)CBr. The zero-order valence-electron chi connectivity index (χ0n) is 7.72. The molecule has 0 saturated heterocycles. The van der Waals surface area contributed by atoms with Crippen LogP contribution in [0.15, 0.2) is 10.7 Å². The fraction of sp³-hybridized carbons (Fsp3) is 0.667. The molecule has 0 spiro atoms. The highest BCUT2D eigenvalue weighted by molar-refractivity contribution is 9.09. The van der Waals surface area contributed by atoms with Gasteiger partial charge in [-0.15, -0.1) is 0 Å². The van der Waals surface area contributed by atoms with E-state index in [4.69, 9.17) is 4.52 Å². The van der Waals surface area contributed by atoms with E-state index in [1.54, 1.807) is 6.20 Å². The predicted octanol–water partition coefficient (Wildman–Crippen LogP) is 2.95. The number of nitrogens with zero attached hydrogens (tertiary/aromatic N) is 1. The normalized spacial score (nSPS) is 12.0. The number of hydrogen-bond donors (Lipinski definition) is 0. The second-order valence-electron chi connectivity index (χ2n) is 3.88. The molecule has 0 N–H and O–H groups in total. The Morgan fingerprint density at radius 3 is 2.67 bits per heavy atom. The van der Waals surface area contributed by atoms with Crippen molar-refractivity contribution in [3.63, 3.8) is 0 Å². The fourth-order valence-corrected chi connectivity index (χ4v) is 1.25. The maximum atomic E-state index is 4.99. The van der Waals surface area contributed by atoms with E-state index in [0.29, 0.717) is 0 Å². The first kappa shape index (κ1) is 9.78. The van der Waals surface area contributed by atoms with Crippen LogP contribution < -0.4 is 0 Å². The topological polar surface area (TPSA) is 26.0 Å². The van der Waals surface area contributed by atoms with Crippen LogP contribution in [0.4, 0.5) is 0 Å². The molecular formula is C9H14BrNO. The van der Waals surface area contributed by atoms with Crippen LogP contribution in [0.1, 0.15) is 25.2 Å². The van der Waals surface area contributed by atoms with Gasteiger partial charge < -0.3 is 4.52 Å². The van der Waals surface area contributed by atoms with Gasteiger partial charge in [0.15, 0.2) is 0 Å². The molecule has 0 aliphatic carbocycles. The van der Waals surface area contributed by atoms with Gasteiger partial charge in [-0.25, -0.2) is 0 Å². The van der Waals surface area contributed by atoms with E-state index in [9.17, 15) is 0 Å². The molecule has 1 aromatic rings. The lowest BCUT2D eigenvalue weighted by atomic mass is 9.88. The number of alkyl halides is 1. The number of hydrogen-bond acceptors (Lipinski definition) is 2. The summed E-state index contributed by atoms with van der Waals surface area (Å²) in [6.07, 6.45) is 2.81. The van der Waals surface area contributed by atoms with Crippen LogP contribution in [-0.2, 0) is 6.42 Å². The van der Waals surface area contributed by atoms with E-state index in [1.807, 2.05) is 6.92 Å². The average molecular weight is 232 g/mol. The summed E-state index contributed by atoms with van der Waals surface area (Å²) in [5, 5.41) is 4.74. The summed E-state index contributed by atoms with van der Waals surface area (Å²) in [5.41, 5.74) is 1.48. The van der Waals surface area contributed by atoms with Crippen LogP contribution >= 0.6 is 15.9 Å². The molecule has 0 aromatic carbocycles. The molecule has 12 heavy (non-hydrogen) atoms. The van der Waals surface area contributed by atoms with Crippen molar-refractivity contribution >= 4 is 15.9 Å². The standard InChI is InChI=1S/C9H14BrNO/c1-7-8(5-11-12-7)4-9(2,3)6-10/h5H,4,6H2,1-3H3. The molecule has 0 unspecified atom stereocenters. The Bertz CT molecular complexity index is 255. The summed E-state index contributed by atoms with van der Waals surface area (Å²) < 4.78 is 4.99. The first-order valence-electron chi connectivity index (χ1n) is 4.01. The highest BCUT2D eigenvalue weighted by Crippen LogP contribution is 2.25. The van der Waals surface area contributed by atoms with Gasteiger partial charge in [-0.3, -0.25) is 0 Å². The second kappa shape index (κ2) is 3.60. The van der Waals surface area contributed by atoms with Crippen LogP contribution in [0, 0.1) is 12.3 Å². The molecule has 0 aliphatic heterocycles. The van der Waals surface area contributed by atoms with Crippen molar-refractivity contribution in [1.82, 2.24) is 5.16 Å². The lowest BCUT2D eigenvalue weighted by molar-refractivity contribution is 0.388. The van der Waals surface area contributed by atoms with Gasteiger partial charge in [0.1, 0.15) is 5.76 Å². The van der Waals surface area contributed by atoms with Crippen molar-refractivity contribution in [2.45, 2.75) is 27.2 Å². The molecule has 3 heteroatoms. The molecule has 0 atom stereocenters. The molecule has 2 nitrogen and oxygen atoms in total. The van der Waals surface area contributed by atoms with Crippen molar-refractivity contribution < 1.29 is 4.52 Å². The van der Waals surface area contributed by atoms with Crippen molar-refractivity contribution in [3.05, 3.63) is 17.5 Å². The van der Waals surface area contributed by atoms with E-state index in [1.165, 1.54) is 5.56 Å². The lowest BCUT2D eigenvalue weighted by Crippen LogP contribution is -2.16. The van der Waals surface area contributed by atoms with E-state index in [2.05, 4.69) is 34.9 Å². The Labute approximate surface area is 81.5 Å². The number of aromatic nitrogens is 1. The van der Waals surface area contributed by atoms with Gasteiger partial charge >= 0.3 is 0 Å². The van der Waals surface area contributed by atoms with Gasteiger partial charge in [-0.05, 0) is 18.8 Å². The third-order valence-corrected chi connectivity index (χ3v) is 3.40. The maximum absolute atomic E-state index is 4.99. The molecule has 0 bridgehead atoms. The van der Waals surface area contributed by atoms with Crippen LogP contribution in [0.25, 0.3) is 0 Å². The Hall–Kier alpha value is -0.310. The molecule has 68 valence electrons. The van der Waals surface area contributed by atoms with Gasteiger partial charge in [-0.2, -0.15) is 0 Å². The molecule has 1 aromatic heterocycles. The average Bonchev–Trinajstić information content (AvgIpc) is 2.36. The zero-order chi connectivity index (χ0) is 9.19. The third kappa shape index (κ3) is 2.34. The smallest absolute Gasteiger partial charge is 0.136 e. The summed E-state index contributed by atoms with van der Waals surface area (Å²) in [6, 6.07) is 0. The van der Waals surface area contributed by atoms with Gasteiger partial charge in [-0.1, -0.05) is 34.9 Å². The first-order chi connectivity index (χ1) is 5.55. The molecule has 0 amide bonds. The highest BCUT2D eigenvalue weighted by Gasteiger charge is 2.19. The van der Waals surface area contributed by atoms with E-state index in [-0.39, 0.29) is 5.41 Å². The fourth-order valence-electron chi connectivity index (χ4n) is 1.05. The van der Waals surface area contributed by atoms with Crippen molar-refractivity contribution in [2.75, 3.05) is 5.33 Å². The Kier molecular flexibility index (Phi) is 2.94. The van der Waals surface area contributed by atoms with Crippen LogP contribution in [0.5, 0.6) is 0 Å². The molecule has 1 heterocycles. The Balaban J connectivity index is 2.70. The summed E-state index contributed by atoms with van der Waals surface area (Å²) in [4.78, 5) is 0. The van der Waals surface area contributed by atoms with Crippen molar-refractivity contribution in [2.24, 2.45) is 5.41 Å². The number of rotatable bonds is 3. The van der Waals surface area contributed by atoms with Crippen LogP contribution in [0.2, 0.25) is 0 Å². The molecular weight excluding hydrogens is 218 g/mol. The van der Waals surface area contributed by atoms with E-state index < -0.39 is 0 Å². The van der Waals surface area contributed by atoms with Gasteiger partial charge in [0.25, 0.3) is 0 Å². The third-order valence-electron chi connectivity index (χ3n) is 1.88. The van der Waals surface area contributed by atoms with Gasteiger partial charge in [0, 0.05) is 10.9 Å². The number of aryl methyl sites for hydroxylation is 1. The lowest BCUT2D eigenvalue weighted by Gasteiger charge is -2.20. The zero-order valence-corrected chi connectivity index (χ0v) is 9.31. The maximum Gasteiger partial charge on any atom is 0.136 e. The van der Waals surface area contributed by atoms with Gasteiger partial charge in [0.2, 0.25) is 0 Å². The quantitative estimate of drug-likeness (QED) is 0.749. The van der Waals surface area contributed by atoms with Crippen molar-refractivity contribution in [3.8, 4) is 0 Å². The minimum absolute atomic E-state index is 0.274. The van der Waals surface area contributed by atoms with E-state index >= 15 is 0 Å². The van der Waals surface area contributed by atoms with Crippen molar-refractivity contribution in [1.29, 1.82) is 0 Å².